The molecule has 1 aliphatic rings. The summed E-state index contributed by atoms with van der Waals surface area (Å²) in [5, 5.41) is 4.83. The monoisotopic (exact) mass is 357 g/mol. The Morgan fingerprint density at radius 1 is 1.32 bits per heavy atom. The molecule has 1 aromatic heterocycles. The molecular formula is C19H20ClN3O2. The van der Waals surface area contributed by atoms with Crippen LogP contribution in [-0.4, -0.2) is 34.2 Å². The van der Waals surface area contributed by atoms with Crippen LogP contribution in [-0.2, 0) is 16.2 Å². The molecule has 1 aliphatic heterocycles. The van der Waals surface area contributed by atoms with Crippen molar-refractivity contribution in [2.24, 2.45) is 5.16 Å². The van der Waals surface area contributed by atoms with E-state index in [4.69, 9.17) is 16.4 Å². The minimum absolute atomic E-state index is 0.0679. The summed E-state index contributed by atoms with van der Waals surface area (Å²) in [7, 11) is 0. The third kappa shape index (κ3) is 4.37. The van der Waals surface area contributed by atoms with Gasteiger partial charge in [0.15, 0.2) is 6.10 Å². The molecule has 1 amide bonds. The van der Waals surface area contributed by atoms with E-state index >= 15 is 0 Å². The molecule has 0 unspecified atom stereocenters. The highest BCUT2D eigenvalue weighted by Crippen LogP contribution is 2.21. The van der Waals surface area contributed by atoms with Gasteiger partial charge in [0.25, 0.3) is 0 Å². The Kier molecular flexibility index (Phi) is 5.66. The molecule has 0 saturated heterocycles. The number of amides is 1. The molecule has 0 spiro atoms. The Labute approximate surface area is 152 Å². The molecule has 0 bridgehead atoms. The molecule has 0 fully saturated rings. The number of pyridine rings is 1. The highest BCUT2D eigenvalue weighted by molar-refractivity contribution is 6.31. The van der Waals surface area contributed by atoms with Crippen LogP contribution in [0.3, 0.4) is 0 Å². The minimum Gasteiger partial charge on any atom is -0.390 e. The molecule has 1 atom stereocenters. The van der Waals surface area contributed by atoms with Gasteiger partial charge in [-0.15, -0.1) is 0 Å². The van der Waals surface area contributed by atoms with Gasteiger partial charge in [-0.05, 0) is 23.8 Å². The van der Waals surface area contributed by atoms with Crippen molar-refractivity contribution < 1.29 is 9.63 Å². The third-order valence-electron chi connectivity index (χ3n) is 4.13. The van der Waals surface area contributed by atoms with Gasteiger partial charge in [-0.2, -0.15) is 0 Å². The number of aromatic nitrogens is 1. The quantitative estimate of drug-likeness (QED) is 0.792. The predicted molar refractivity (Wildman–Crippen MR) is 97.4 cm³/mol. The van der Waals surface area contributed by atoms with Gasteiger partial charge in [0.1, 0.15) is 0 Å². The molecule has 25 heavy (non-hydrogen) atoms. The first-order chi connectivity index (χ1) is 12.2. The second-order valence-corrected chi connectivity index (χ2v) is 6.34. The Morgan fingerprint density at radius 3 is 2.88 bits per heavy atom. The highest BCUT2D eigenvalue weighted by Gasteiger charge is 2.26. The number of hydrogen-bond acceptors (Lipinski definition) is 4. The van der Waals surface area contributed by atoms with Gasteiger partial charge in [-0.3, -0.25) is 9.78 Å². The van der Waals surface area contributed by atoms with Crippen molar-refractivity contribution in [1.82, 2.24) is 9.88 Å². The number of halogens is 1. The number of rotatable bonds is 6. The van der Waals surface area contributed by atoms with Gasteiger partial charge < -0.3 is 9.74 Å². The van der Waals surface area contributed by atoms with Crippen molar-refractivity contribution >= 4 is 23.2 Å². The number of nitrogens with zero attached hydrogens (tertiary/aromatic N) is 3. The summed E-state index contributed by atoms with van der Waals surface area (Å²) in [6.45, 7) is 2.80. The van der Waals surface area contributed by atoms with Gasteiger partial charge in [0, 0.05) is 42.4 Å². The standard InChI is InChI=1S/C19H20ClN3O2/c1-2-19(24)23(12-15-6-3-4-8-17(15)20)13-16-10-18(22-25-16)14-7-5-9-21-11-14/h3-9,11,16H,2,10,12-13H2,1H3/t16-/m0/s1. The van der Waals surface area contributed by atoms with Gasteiger partial charge in [0.2, 0.25) is 5.91 Å². The molecule has 2 aromatic rings. The number of hydrogen-bond donors (Lipinski definition) is 0. The van der Waals surface area contributed by atoms with Crippen LogP contribution in [0, 0.1) is 0 Å². The zero-order valence-electron chi connectivity index (χ0n) is 14.1. The zero-order valence-corrected chi connectivity index (χ0v) is 14.8. The molecule has 0 N–H and O–H groups in total. The lowest BCUT2D eigenvalue weighted by Crippen LogP contribution is -2.37. The molecule has 3 rings (SSSR count). The van der Waals surface area contributed by atoms with Crippen LogP contribution in [0.2, 0.25) is 5.02 Å². The Hall–Kier alpha value is -2.40. The Morgan fingerprint density at radius 2 is 2.16 bits per heavy atom. The molecule has 0 radical (unpaired) electrons. The van der Waals surface area contributed by atoms with Crippen LogP contribution in [0.15, 0.2) is 53.9 Å². The maximum absolute atomic E-state index is 12.3. The number of carbonyl (C=O) groups is 1. The minimum atomic E-state index is -0.159. The van der Waals surface area contributed by atoms with Crippen LogP contribution < -0.4 is 0 Å². The van der Waals surface area contributed by atoms with Gasteiger partial charge in [-0.25, -0.2) is 0 Å². The van der Waals surface area contributed by atoms with E-state index in [1.165, 1.54) is 0 Å². The van der Waals surface area contributed by atoms with Crippen molar-refractivity contribution in [3.8, 4) is 0 Å². The van der Waals surface area contributed by atoms with E-state index in [1.54, 1.807) is 17.3 Å². The van der Waals surface area contributed by atoms with Crippen molar-refractivity contribution in [3.63, 3.8) is 0 Å². The van der Waals surface area contributed by atoms with E-state index in [0.717, 1.165) is 16.8 Å². The zero-order chi connectivity index (χ0) is 17.6. The van der Waals surface area contributed by atoms with E-state index in [9.17, 15) is 4.79 Å². The predicted octanol–water partition coefficient (Wildman–Crippen LogP) is 3.67. The fourth-order valence-corrected chi connectivity index (χ4v) is 2.98. The van der Waals surface area contributed by atoms with E-state index in [2.05, 4.69) is 10.1 Å². The van der Waals surface area contributed by atoms with E-state index in [1.807, 2.05) is 43.3 Å². The maximum Gasteiger partial charge on any atom is 0.222 e. The first-order valence-electron chi connectivity index (χ1n) is 8.31. The highest BCUT2D eigenvalue weighted by atomic mass is 35.5. The van der Waals surface area contributed by atoms with Gasteiger partial charge in [-0.1, -0.05) is 41.9 Å². The number of benzene rings is 1. The fourth-order valence-electron chi connectivity index (χ4n) is 2.79. The summed E-state index contributed by atoms with van der Waals surface area (Å²) in [5.74, 6) is 0.0679. The van der Waals surface area contributed by atoms with Crippen molar-refractivity contribution in [1.29, 1.82) is 0 Å². The lowest BCUT2D eigenvalue weighted by atomic mass is 10.1. The Bertz CT molecular complexity index is 764. The summed E-state index contributed by atoms with van der Waals surface area (Å²) in [5.41, 5.74) is 2.74. The molecular weight excluding hydrogens is 338 g/mol. The SMILES string of the molecule is CCC(=O)N(Cc1ccccc1Cl)C[C@@H]1CC(c2cccnc2)=NO1. The largest absolute Gasteiger partial charge is 0.390 e. The summed E-state index contributed by atoms with van der Waals surface area (Å²) in [4.78, 5) is 23.8. The molecule has 130 valence electrons. The topological polar surface area (TPSA) is 54.8 Å². The van der Waals surface area contributed by atoms with E-state index < -0.39 is 0 Å². The van der Waals surface area contributed by atoms with Gasteiger partial charge >= 0.3 is 0 Å². The number of oxime groups is 1. The lowest BCUT2D eigenvalue weighted by molar-refractivity contribution is -0.133. The molecule has 0 aliphatic carbocycles. The van der Waals surface area contributed by atoms with Crippen molar-refractivity contribution in [3.05, 3.63) is 64.9 Å². The normalized spacial score (nSPS) is 16.2. The van der Waals surface area contributed by atoms with Gasteiger partial charge in [0.05, 0.1) is 12.3 Å². The lowest BCUT2D eigenvalue weighted by Gasteiger charge is -2.25. The van der Waals surface area contributed by atoms with E-state index in [-0.39, 0.29) is 12.0 Å². The third-order valence-corrected chi connectivity index (χ3v) is 4.49. The molecule has 5 nitrogen and oxygen atoms in total. The number of carbonyl (C=O) groups excluding carboxylic acids is 1. The second-order valence-electron chi connectivity index (χ2n) is 5.93. The summed E-state index contributed by atoms with van der Waals surface area (Å²) < 4.78 is 0. The van der Waals surface area contributed by atoms with Crippen molar-refractivity contribution in [2.45, 2.75) is 32.4 Å². The molecule has 1 aromatic carbocycles. The molecule has 2 heterocycles. The smallest absolute Gasteiger partial charge is 0.222 e. The second kappa shape index (κ2) is 8.12. The van der Waals surface area contributed by atoms with Crippen LogP contribution >= 0.6 is 11.6 Å². The fraction of sp³-hybridized carbons (Fsp3) is 0.316. The maximum atomic E-state index is 12.3. The van der Waals surface area contributed by atoms with Crippen LogP contribution in [0.1, 0.15) is 30.9 Å². The van der Waals surface area contributed by atoms with Crippen LogP contribution in [0.25, 0.3) is 0 Å². The molecule has 0 saturated carbocycles. The van der Waals surface area contributed by atoms with E-state index in [0.29, 0.717) is 31.0 Å². The summed E-state index contributed by atoms with van der Waals surface area (Å²) >= 11 is 6.24. The first-order valence-corrected chi connectivity index (χ1v) is 8.69. The Balaban J connectivity index is 1.66. The average molecular weight is 358 g/mol. The summed E-state index contributed by atoms with van der Waals surface area (Å²) in [6.07, 6.45) is 4.43. The average Bonchev–Trinajstić information content (AvgIpc) is 3.11. The van der Waals surface area contributed by atoms with Crippen molar-refractivity contribution in [2.75, 3.05) is 6.54 Å². The first kappa shape index (κ1) is 17.4. The van der Waals surface area contributed by atoms with Crippen LogP contribution in [0.5, 0.6) is 0 Å². The van der Waals surface area contributed by atoms with Crippen LogP contribution in [0.4, 0.5) is 0 Å². The summed E-state index contributed by atoms with van der Waals surface area (Å²) in [6, 6.07) is 11.4. The molecule has 6 heteroatoms.